The second kappa shape index (κ2) is 5.97. The standard InChI is InChI=1S/C15H25N3O2/c1-10-8-13(12(3)20-10)11(2)18-7-6-16-9-14(18)15(19)17(4)5/h8,11,14,16H,6-7,9H2,1-5H3. The number of nitrogens with one attached hydrogen (secondary N) is 1. The number of nitrogens with zero attached hydrogens (tertiary/aromatic N) is 2. The van der Waals surface area contributed by atoms with Gasteiger partial charge in [0, 0.05) is 45.3 Å². The van der Waals surface area contributed by atoms with Crippen molar-refractivity contribution in [1.29, 1.82) is 0 Å². The van der Waals surface area contributed by atoms with Crippen LogP contribution in [0.1, 0.15) is 30.0 Å². The van der Waals surface area contributed by atoms with E-state index >= 15 is 0 Å². The van der Waals surface area contributed by atoms with Crippen molar-refractivity contribution in [3.8, 4) is 0 Å². The Kier molecular flexibility index (Phi) is 4.50. The topological polar surface area (TPSA) is 48.7 Å². The first-order valence-electron chi connectivity index (χ1n) is 7.16. The summed E-state index contributed by atoms with van der Waals surface area (Å²) in [5.74, 6) is 2.03. The van der Waals surface area contributed by atoms with Gasteiger partial charge in [0.15, 0.2) is 0 Å². The van der Waals surface area contributed by atoms with Gasteiger partial charge in [-0.25, -0.2) is 0 Å². The summed E-state index contributed by atoms with van der Waals surface area (Å²) in [7, 11) is 3.63. The lowest BCUT2D eigenvalue weighted by atomic mass is 10.0. The van der Waals surface area contributed by atoms with E-state index in [1.54, 1.807) is 4.90 Å². The summed E-state index contributed by atoms with van der Waals surface area (Å²) < 4.78 is 5.63. The molecule has 1 fully saturated rings. The summed E-state index contributed by atoms with van der Waals surface area (Å²) in [4.78, 5) is 16.3. The van der Waals surface area contributed by atoms with Gasteiger partial charge in [0.1, 0.15) is 17.6 Å². The van der Waals surface area contributed by atoms with Crippen molar-refractivity contribution < 1.29 is 9.21 Å². The van der Waals surface area contributed by atoms with Crippen LogP contribution in [0.25, 0.3) is 0 Å². The smallest absolute Gasteiger partial charge is 0.240 e. The van der Waals surface area contributed by atoms with Crippen LogP contribution in [0.15, 0.2) is 10.5 Å². The van der Waals surface area contributed by atoms with E-state index in [0.717, 1.165) is 24.6 Å². The van der Waals surface area contributed by atoms with Crippen LogP contribution in [0.3, 0.4) is 0 Å². The quantitative estimate of drug-likeness (QED) is 0.906. The highest BCUT2D eigenvalue weighted by atomic mass is 16.3. The van der Waals surface area contributed by atoms with E-state index in [-0.39, 0.29) is 18.0 Å². The highest BCUT2D eigenvalue weighted by Crippen LogP contribution is 2.28. The molecule has 1 saturated heterocycles. The molecular weight excluding hydrogens is 254 g/mol. The fraction of sp³-hybridized carbons (Fsp3) is 0.667. The minimum absolute atomic E-state index is 0.108. The van der Waals surface area contributed by atoms with Crippen molar-refractivity contribution in [2.24, 2.45) is 0 Å². The van der Waals surface area contributed by atoms with Gasteiger partial charge in [-0.1, -0.05) is 0 Å². The molecule has 0 aliphatic carbocycles. The number of rotatable bonds is 3. The first kappa shape index (κ1) is 15.1. The molecule has 5 heteroatoms. The van der Waals surface area contributed by atoms with Crippen LogP contribution in [0, 0.1) is 13.8 Å². The van der Waals surface area contributed by atoms with Crippen molar-refractivity contribution in [1.82, 2.24) is 15.1 Å². The molecule has 2 heterocycles. The fourth-order valence-corrected chi connectivity index (χ4v) is 2.95. The van der Waals surface area contributed by atoms with Gasteiger partial charge in [-0.05, 0) is 26.8 Å². The molecule has 2 rings (SSSR count). The zero-order valence-electron chi connectivity index (χ0n) is 13.1. The van der Waals surface area contributed by atoms with Gasteiger partial charge in [0.2, 0.25) is 5.91 Å². The molecule has 1 aliphatic rings. The van der Waals surface area contributed by atoms with Crippen LogP contribution in [-0.4, -0.2) is 55.5 Å². The minimum Gasteiger partial charge on any atom is -0.466 e. The third kappa shape index (κ3) is 2.88. The van der Waals surface area contributed by atoms with Gasteiger partial charge in [-0.2, -0.15) is 0 Å². The Morgan fingerprint density at radius 1 is 1.50 bits per heavy atom. The van der Waals surface area contributed by atoms with E-state index in [2.05, 4.69) is 23.2 Å². The summed E-state index contributed by atoms with van der Waals surface area (Å²) in [6, 6.07) is 2.16. The third-order valence-corrected chi connectivity index (χ3v) is 4.04. The molecule has 2 atom stereocenters. The molecule has 1 N–H and O–H groups in total. The van der Waals surface area contributed by atoms with Crippen molar-refractivity contribution in [2.45, 2.75) is 32.9 Å². The van der Waals surface area contributed by atoms with Crippen LogP contribution in [0.5, 0.6) is 0 Å². The first-order valence-corrected chi connectivity index (χ1v) is 7.16. The summed E-state index contributed by atoms with van der Waals surface area (Å²) in [5, 5.41) is 3.31. The second-order valence-corrected chi connectivity index (χ2v) is 5.73. The molecule has 2 unspecified atom stereocenters. The zero-order chi connectivity index (χ0) is 14.9. The summed E-state index contributed by atoms with van der Waals surface area (Å²) in [6.45, 7) is 8.59. The van der Waals surface area contributed by atoms with Crippen molar-refractivity contribution in [3.05, 3.63) is 23.2 Å². The van der Waals surface area contributed by atoms with E-state index in [4.69, 9.17) is 4.42 Å². The van der Waals surface area contributed by atoms with E-state index < -0.39 is 0 Å². The lowest BCUT2D eigenvalue weighted by Crippen LogP contribution is -2.58. The average molecular weight is 279 g/mol. The number of aryl methyl sites for hydroxylation is 2. The number of likely N-dealkylation sites (N-methyl/N-ethyl adjacent to an activating group) is 1. The Hall–Kier alpha value is -1.33. The maximum absolute atomic E-state index is 12.4. The van der Waals surface area contributed by atoms with Crippen molar-refractivity contribution in [2.75, 3.05) is 33.7 Å². The van der Waals surface area contributed by atoms with E-state index in [1.165, 1.54) is 5.56 Å². The monoisotopic (exact) mass is 279 g/mol. The van der Waals surface area contributed by atoms with Crippen molar-refractivity contribution in [3.63, 3.8) is 0 Å². The predicted molar refractivity (Wildman–Crippen MR) is 78.7 cm³/mol. The highest BCUT2D eigenvalue weighted by molar-refractivity contribution is 5.81. The summed E-state index contributed by atoms with van der Waals surface area (Å²) >= 11 is 0. The molecule has 1 amide bonds. The Balaban J connectivity index is 2.23. The van der Waals surface area contributed by atoms with Crippen LogP contribution in [0.2, 0.25) is 0 Å². The van der Waals surface area contributed by atoms with Crippen molar-refractivity contribution >= 4 is 5.91 Å². The largest absolute Gasteiger partial charge is 0.466 e. The lowest BCUT2D eigenvalue weighted by molar-refractivity contribution is -0.136. The number of carbonyl (C=O) groups is 1. The predicted octanol–water partition coefficient (Wildman–Crippen LogP) is 1.32. The Labute approximate surface area is 120 Å². The van der Waals surface area contributed by atoms with E-state index in [9.17, 15) is 4.79 Å². The van der Waals surface area contributed by atoms with Gasteiger partial charge < -0.3 is 14.6 Å². The fourth-order valence-electron chi connectivity index (χ4n) is 2.95. The molecule has 1 aromatic rings. The number of hydrogen-bond donors (Lipinski definition) is 1. The molecule has 0 saturated carbocycles. The Morgan fingerprint density at radius 3 is 2.75 bits per heavy atom. The molecule has 20 heavy (non-hydrogen) atoms. The molecular formula is C15H25N3O2. The number of hydrogen-bond acceptors (Lipinski definition) is 4. The van der Waals surface area contributed by atoms with Gasteiger partial charge in [0.25, 0.3) is 0 Å². The normalized spacial score (nSPS) is 21.8. The molecule has 1 aromatic heterocycles. The third-order valence-electron chi connectivity index (χ3n) is 4.04. The first-order chi connectivity index (χ1) is 9.41. The van der Waals surface area contributed by atoms with Crippen LogP contribution in [-0.2, 0) is 4.79 Å². The average Bonchev–Trinajstić information content (AvgIpc) is 2.76. The zero-order valence-corrected chi connectivity index (χ0v) is 13.1. The SMILES string of the molecule is Cc1cc(C(C)N2CCNCC2C(=O)N(C)C)c(C)o1. The molecule has 0 spiro atoms. The van der Waals surface area contributed by atoms with Gasteiger partial charge in [-0.15, -0.1) is 0 Å². The maximum Gasteiger partial charge on any atom is 0.240 e. The van der Waals surface area contributed by atoms with E-state index in [0.29, 0.717) is 6.54 Å². The number of furan rings is 1. The Morgan fingerprint density at radius 2 is 2.20 bits per heavy atom. The lowest BCUT2D eigenvalue weighted by Gasteiger charge is -2.40. The van der Waals surface area contributed by atoms with Crippen LogP contribution in [0.4, 0.5) is 0 Å². The van der Waals surface area contributed by atoms with Crippen LogP contribution >= 0.6 is 0 Å². The Bertz CT molecular complexity index is 481. The molecule has 0 aromatic carbocycles. The minimum atomic E-state index is -0.108. The molecule has 1 aliphatic heterocycles. The second-order valence-electron chi connectivity index (χ2n) is 5.73. The van der Waals surface area contributed by atoms with E-state index in [1.807, 2.05) is 27.9 Å². The molecule has 112 valence electrons. The van der Waals surface area contributed by atoms with Gasteiger partial charge in [-0.3, -0.25) is 9.69 Å². The number of carbonyl (C=O) groups excluding carboxylic acids is 1. The molecule has 5 nitrogen and oxygen atoms in total. The summed E-state index contributed by atoms with van der Waals surface area (Å²) in [5.41, 5.74) is 1.18. The number of amides is 1. The maximum atomic E-state index is 12.4. The number of piperazine rings is 1. The van der Waals surface area contributed by atoms with Gasteiger partial charge >= 0.3 is 0 Å². The highest BCUT2D eigenvalue weighted by Gasteiger charge is 2.34. The summed E-state index contributed by atoms with van der Waals surface area (Å²) in [6.07, 6.45) is 0. The molecule has 0 bridgehead atoms. The van der Waals surface area contributed by atoms with Crippen LogP contribution < -0.4 is 5.32 Å². The molecule has 0 radical (unpaired) electrons. The van der Waals surface area contributed by atoms with Gasteiger partial charge in [0.05, 0.1) is 0 Å².